The zero-order valence-corrected chi connectivity index (χ0v) is 23.9. The molecule has 3 aromatic rings. The van der Waals surface area contributed by atoms with Crippen LogP contribution in [0.25, 0.3) is 0 Å². The molecule has 1 atom stereocenters. The molecule has 1 heterocycles. The quantitative estimate of drug-likeness (QED) is 0.171. The van der Waals surface area contributed by atoms with Gasteiger partial charge in [0.15, 0.2) is 0 Å². The first-order chi connectivity index (χ1) is 19.5. The molecule has 7 nitrogen and oxygen atoms in total. The number of ether oxygens (including phenoxy) is 1. The smallest absolute Gasteiger partial charge is 0.461 e. The summed E-state index contributed by atoms with van der Waals surface area (Å²) < 4.78 is 58.6. The number of carboxylic acid groups (broad SMARTS) is 1. The van der Waals surface area contributed by atoms with Gasteiger partial charge in [-0.2, -0.15) is 17.6 Å². The fraction of sp³-hybridized carbons (Fsp3) is 0.345. The number of carbonyl (C=O) groups excluding carboxylic acids is 1. The minimum Gasteiger partial charge on any atom is -0.481 e. The van der Waals surface area contributed by atoms with Gasteiger partial charge in [-0.15, -0.1) is 0 Å². The highest BCUT2D eigenvalue weighted by Gasteiger charge is 2.45. The third-order valence-corrected chi connectivity index (χ3v) is 7.69. The average molecular weight is 685 g/mol. The zero-order chi connectivity index (χ0) is 29.6. The molecule has 1 aromatic heterocycles. The molecule has 0 aliphatic heterocycles. The molecule has 12 heteroatoms. The number of nitrogens with one attached hydrogen (secondary N) is 2. The molecule has 218 valence electrons. The van der Waals surface area contributed by atoms with Gasteiger partial charge in [-0.25, -0.2) is 4.79 Å². The van der Waals surface area contributed by atoms with Gasteiger partial charge in [0.05, 0.1) is 11.6 Å². The minimum atomic E-state index is -4.72. The largest absolute Gasteiger partial charge is 0.481 e. The van der Waals surface area contributed by atoms with Crippen LogP contribution < -0.4 is 15.4 Å². The van der Waals surface area contributed by atoms with Gasteiger partial charge in [0.25, 0.3) is 0 Å². The van der Waals surface area contributed by atoms with Gasteiger partial charge in [0.2, 0.25) is 0 Å². The number of rotatable bonds is 10. The number of benzene rings is 2. The van der Waals surface area contributed by atoms with Crippen molar-refractivity contribution in [2.24, 2.45) is 5.92 Å². The van der Waals surface area contributed by atoms with E-state index in [0.29, 0.717) is 31.4 Å². The van der Waals surface area contributed by atoms with E-state index in [1.807, 2.05) is 30.3 Å². The molecular formula is C29H28F4IN3O4. The predicted octanol–water partition coefficient (Wildman–Crippen LogP) is 6.35. The number of amides is 2. The van der Waals surface area contributed by atoms with Crippen LogP contribution >= 0.6 is 22.6 Å². The summed E-state index contributed by atoms with van der Waals surface area (Å²) in [6.45, 7) is 0. The second-order valence-electron chi connectivity index (χ2n) is 9.91. The maximum Gasteiger partial charge on any atom is 0.461 e. The van der Waals surface area contributed by atoms with Crippen LogP contribution in [-0.4, -0.2) is 40.7 Å². The SMILES string of the molecule is O=C(NC1CCC(C(=O)O)CC1)N[C@@](Cc1ccccc1)(c1cccc(OC(F)(F)C(F)F)c1)c1ccc(I)cn1. The lowest BCUT2D eigenvalue weighted by Crippen LogP contribution is -2.54. The Morgan fingerprint density at radius 3 is 2.34 bits per heavy atom. The number of pyridine rings is 1. The Morgan fingerprint density at radius 1 is 1.02 bits per heavy atom. The first-order valence-electron chi connectivity index (χ1n) is 12.9. The highest BCUT2D eigenvalue weighted by Crippen LogP contribution is 2.36. The zero-order valence-electron chi connectivity index (χ0n) is 21.7. The Morgan fingerprint density at radius 2 is 1.73 bits per heavy atom. The highest BCUT2D eigenvalue weighted by atomic mass is 127. The molecule has 41 heavy (non-hydrogen) atoms. The first kappa shape index (κ1) is 30.5. The van der Waals surface area contributed by atoms with Crippen molar-refractivity contribution in [2.45, 2.75) is 56.2 Å². The normalized spacial score (nSPS) is 18.8. The van der Waals surface area contributed by atoms with E-state index in [0.717, 1.165) is 15.2 Å². The van der Waals surface area contributed by atoms with Gasteiger partial charge >= 0.3 is 24.5 Å². The molecule has 0 spiro atoms. The molecule has 0 radical (unpaired) electrons. The van der Waals surface area contributed by atoms with Crippen LogP contribution in [0.1, 0.15) is 42.5 Å². The van der Waals surface area contributed by atoms with Crippen molar-refractivity contribution in [3.8, 4) is 5.75 Å². The topological polar surface area (TPSA) is 101 Å². The molecule has 3 N–H and O–H groups in total. The number of aromatic nitrogens is 1. The van der Waals surface area contributed by atoms with Crippen molar-refractivity contribution >= 4 is 34.6 Å². The number of urea groups is 1. The fourth-order valence-corrected chi connectivity index (χ4v) is 5.30. The van der Waals surface area contributed by atoms with Gasteiger partial charge in [-0.3, -0.25) is 9.78 Å². The molecular weight excluding hydrogens is 657 g/mol. The average Bonchev–Trinajstić information content (AvgIpc) is 2.93. The second-order valence-corrected chi connectivity index (χ2v) is 11.2. The van der Waals surface area contributed by atoms with Crippen molar-refractivity contribution in [3.05, 3.63) is 93.3 Å². The van der Waals surface area contributed by atoms with Crippen molar-refractivity contribution in [1.82, 2.24) is 15.6 Å². The number of hydrogen-bond acceptors (Lipinski definition) is 4. The Labute approximate surface area is 247 Å². The summed E-state index contributed by atoms with van der Waals surface area (Å²) >= 11 is 2.08. The third-order valence-electron chi connectivity index (χ3n) is 7.05. The van der Waals surface area contributed by atoms with Crippen LogP contribution in [0.4, 0.5) is 22.4 Å². The van der Waals surface area contributed by atoms with Crippen LogP contribution in [0.3, 0.4) is 0 Å². The summed E-state index contributed by atoms with van der Waals surface area (Å²) in [5, 5.41) is 15.2. The lowest BCUT2D eigenvalue weighted by Gasteiger charge is -2.37. The van der Waals surface area contributed by atoms with Crippen LogP contribution in [-0.2, 0) is 16.8 Å². The lowest BCUT2D eigenvalue weighted by molar-refractivity contribution is -0.253. The van der Waals surface area contributed by atoms with Crippen molar-refractivity contribution in [3.63, 3.8) is 0 Å². The lowest BCUT2D eigenvalue weighted by atomic mass is 9.80. The monoisotopic (exact) mass is 685 g/mol. The van der Waals surface area contributed by atoms with E-state index in [4.69, 9.17) is 0 Å². The van der Waals surface area contributed by atoms with E-state index in [1.54, 1.807) is 24.4 Å². The standard InChI is InChI=1S/C29H28F4IN3O4/c30-26(31)29(32,33)41-23-8-4-7-20(15-23)28(16-18-5-2-1-3-6-18,24-14-11-21(34)17-35-24)37-27(40)36-22-12-9-19(10-13-22)25(38)39/h1-8,11,14-15,17,19,22,26H,9-10,12-13,16H2,(H,38,39)(H2,36,37,40)/t19?,22?,28-/m0/s1. The number of carbonyl (C=O) groups is 2. The Bertz CT molecular complexity index is 1340. The summed E-state index contributed by atoms with van der Waals surface area (Å²) in [5.41, 5.74) is -0.000877. The molecule has 1 aliphatic rings. The van der Waals surface area contributed by atoms with Crippen LogP contribution in [0.2, 0.25) is 0 Å². The van der Waals surface area contributed by atoms with Gasteiger partial charge < -0.3 is 20.5 Å². The molecule has 0 saturated heterocycles. The predicted molar refractivity (Wildman–Crippen MR) is 151 cm³/mol. The maximum atomic E-state index is 13.8. The molecule has 2 amide bonds. The van der Waals surface area contributed by atoms with Crippen molar-refractivity contribution in [2.75, 3.05) is 0 Å². The number of carboxylic acids is 1. The summed E-state index contributed by atoms with van der Waals surface area (Å²) in [7, 11) is 0. The van der Waals surface area contributed by atoms with Crippen LogP contribution in [0.15, 0.2) is 72.9 Å². The number of alkyl halides is 4. The van der Waals surface area contributed by atoms with E-state index in [9.17, 15) is 32.3 Å². The van der Waals surface area contributed by atoms with E-state index < -0.39 is 41.7 Å². The Hall–Kier alpha value is -3.42. The van der Waals surface area contributed by atoms with E-state index in [1.165, 1.54) is 12.1 Å². The van der Waals surface area contributed by atoms with E-state index in [2.05, 4.69) is 42.9 Å². The highest BCUT2D eigenvalue weighted by molar-refractivity contribution is 14.1. The van der Waals surface area contributed by atoms with Gasteiger partial charge in [-0.1, -0.05) is 42.5 Å². The number of hydrogen-bond donors (Lipinski definition) is 3. The molecule has 2 aromatic carbocycles. The first-order valence-corrected chi connectivity index (χ1v) is 14.0. The minimum absolute atomic E-state index is 0.134. The van der Waals surface area contributed by atoms with E-state index >= 15 is 0 Å². The van der Waals surface area contributed by atoms with Crippen LogP contribution in [0, 0.1) is 9.49 Å². The molecule has 1 saturated carbocycles. The molecule has 1 aliphatic carbocycles. The van der Waals surface area contributed by atoms with E-state index in [-0.39, 0.29) is 18.0 Å². The number of nitrogens with zero attached hydrogens (tertiary/aromatic N) is 1. The van der Waals surface area contributed by atoms with Gasteiger partial charge in [0.1, 0.15) is 11.3 Å². The molecule has 1 fully saturated rings. The van der Waals surface area contributed by atoms with Crippen molar-refractivity contribution in [1.29, 1.82) is 0 Å². The Balaban J connectivity index is 1.74. The maximum absolute atomic E-state index is 13.8. The molecule has 0 bridgehead atoms. The molecule has 0 unspecified atom stereocenters. The fourth-order valence-electron chi connectivity index (χ4n) is 4.98. The summed E-state index contributed by atoms with van der Waals surface area (Å²) in [5.74, 6) is -1.83. The summed E-state index contributed by atoms with van der Waals surface area (Å²) in [6.07, 6.45) is -5.24. The summed E-state index contributed by atoms with van der Waals surface area (Å²) in [6, 6.07) is 17.0. The second kappa shape index (κ2) is 13.0. The van der Waals surface area contributed by atoms with Crippen molar-refractivity contribution < 1.29 is 37.0 Å². The van der Waals surface area contributed by atoms with Gasteiger partial charge in [0, 0.05) is 22.2 Å². The number of aliphatic carboxylic acids is 1. The van der Waals surface area contributed by atoms with Gasteiger partial charge in [-0.05, 0) is 83.7 Å². The molecule has 4 rings (SSSR count). The third kappa shape index (κ3) is 7.66. The number of halogens is 5. The Kier molecular flexibility index (Phi) is 9.72. The summed E-state index contributed by atoms with van der Waals surface area (Å²) in [4.78, 5) is 29.4. The van der Waals surface area contributed by atoms with Crippen LogP contribution in [0.5, 0.6) is 5.75 Å².